The molecule has 1 heteroatoms. The van der Waals surface area contributed by atoms with Crippen LogP contribution in [0, 0.1) is 0 Å². The molecular formula is C4H11N. The summed E-state index contributed by atoms with van der Waals surface area (Å²) in [6, 6.07) is 0. The lowest BCUT2D eigenvalue weighted by molar-refractivity contribution is 0.762. The van der Waals surface area contributed by atoms with Crippen LogP contribution in [0.4, 0.5) is 0 Å². The molecule has 0 aliphatic heterocycles. The molecule has 0 rings (SSSR count). The zero-order chi connectivity index (χ0) is 5.91. The molecule has 0 radical (unpaired) electrons. The van der Waals surface area contributed by atoms with Crippen LogP contribution in [-0.2, 0) is 0 Å². The lowest BCUT2D eigenvalue weighted by Crippen LogP contribution is -2.09. The quantitative estimate of drug-likeness (QED) is 0.507. The van der Waals surface area contributed by atoms with Crippen molar-refractivity contribution >= 4 is 0 Å². The van der Waals surface area contributed by atoms with Gasteiger partial charge < -0.3 is 5.32 Å². The number of nitrogens with one attached hydrogen (secondary N) is 1. The predicted octanol–water partition coefficient (Wildman–Crippen LogP) is 0.616. The highest BCUT2D eigenvalue weighted by Crippen LogP contribution is 1.47. The predicted molar refractivity (Wildman–Crippen MR) is 24.2 cm³/mol. The zero-order valence-electron chi connectivity index (χ0n) is 5.71. The first-order chi connectivity index (χ1) is 3.06. The molecule has 0 aromatic rings. The van der Waals surface area contributed by atoms with Gasteiger partial charge in [-0.2, -0.15) is 0 Å². The van der Waals surface area contributed by atoms with E-state index in [9.17, 15) is 0 Å². The lowest BCUT2D eigenvalue weighted by Gasteiger charge is -1.86. The summed E-state index contributed by atoms with van der Waals surface area (Å²) in [5.41, 5.74) is 0. The summed E-state index contributed by atoms with van der Waals surface area (Å²) < 4.78 is 13.8. The van der Waals surface area contributed by atoms with Gasteiger partial charge in [-0.25, -0.2) is 0 Å². The second kappa shape index (κ2) is 3.96. The minimum atomic E-state index is -1.20. The Balaban J connectivity index is 3.15. The van der Waals surface area contributed by atoms with Crippen molar-refractivity contribution in [2.45, 2.75) is 13.8 Å². The molecule has 1 N–H and O–H groups in total. The van der Waals surface area contributed by atoms with E-state index in [4.69, 9.17) is 2.74 Å². The first-order valence-corrected chi connectivity index (χ1v) is 1.81. The monoisotopic (exact) mass is 75.1 g/mol. The van der Waals surface area contributed by atoms with Crippen LogP contribution in [0.5, 0.6) is 0 Å². The van der Waals surface area contributed by atoms with Gasteiger partial charge in [0.25, 0.3) is 0 Å². The summed E-state index contributed by atoms with van der Waals surface area (Å²) in [6.45, 7) is 2.86. The van der Waals surface area contributed by atoms with Crippen molar-refractivity contribution in [3.05, 3.63) is 0 Å². The number of rotatable bonds is 2. The van der Waals surface area contributed by atoms with Crippen LogP contribution in [0.2, 0.25) is 0 Å². The van der Waals surface area contributed by atoms with Crippen molar-refractivity contribution in [3.8, 4) is 0 Å². The Bertz CT molecular complexity index is 48.1. The molecule has 0 aromatic heterocycles. The van der Waals surface area contributed by atoms with Crippen molar-refractivity contribution in [2.75, 3.05) is 13.0 Å². The van der Waals surface area contributed by atoms with E-state index in [-0.39, 0.29) is 0 Å². The first kappa shape index (κ1) is 2.19. The van der Waals surface area contributed by atoms with Gasteiger partial charge in [0.15, 0.2) is 0 Å². The minimum absolute atomic E-state index is 0.684. The molecule has 0 fully saturated rings. The average Bonchev–Trinajstić information content (AvgIpc) is 1.30. The lowest BCUT2D eigenvalue weighted by atomic mass is 10.7. The third kappa shape index (κ3) is 3.96. The second-order valence-electron chi connectivity index (χ2n) is 0.780. The Morgan fingerprint density at radius 3 is 2.40 bits per heavy atom. The molecule has 0 amide bonds. The molecule has 0 atom stereocenters. The fraction of sp³-hybridized carbons (Fsp3) is 1.00. The summed E-state index contributed by atoms with van der Waals surface area (Å²) in [5.74, 6) is 0. The van der Waals surface area contributed by atoms with Crippen molar-refractivity contribution in [1.82, 2.24) is 5.32 Å². The van der Waals surface area contributed by atoms with Crippen molar-refractivity contribution in [1.29, 1.82) is 0 Å². The van der Waals surface area contributed by atoms with Crippen molar-refractivity contribution in [2.24, 2.45) is 0 Å². The Labute approximate surface area is 36.2 Å². The summed E-state index contributed by atoms with van der Waals surface area (Å²) in [4.78, 5) is 0. The van der Waals surface area contributed by atoms with E-state index < -0.39 is 6.50 Å². The van der Waals surface area contributed by atoms with Gasteiger partial charge >= 0.3 is 0 Å². The summed E-state index contributed by atoms with van der Waals surface area (Å²) in [6.07, 6.45) is 0. The summed E-state index contributed by atoms with van der Waals surface area (Å²) >= 11 is 0. The molecule has 0 spiro atoms. The largest absolute Gasteiger partial charge is 0.317 e. The van der Waals surface area contributed by atoms with E-state index >= 15 is 0 Å². The fourth-order valence-electron chi connectivity index (χ4n) is 0.177. The van der Waals surface area contributed by atoms with Crippen LogP contribution < -0.4 is 5.32 Å². The van der Waals surface area contributed by atoms with E-state index in [1.807, 2.05) is 6.92 Å². The molecule has 1 nitrogen and oxygen atoms in total. The molecule has 0 heterocycles. The van der Waals surface area contributed by atoms with Gasteiger partial charge in [-0.3, -0.25) is 0 Å². The van der Waals surface area contributed by atoms with Gasteiger partial charge in [-0.05, 0) is 13.0 Å². The van der Waals surface area contributed by atoms with Crippen LogP contribution in [0.3, 0.4) is 0 Å². The van der Waals surface area contributed by atoms with Gasteiger partial charge in [-0.15, -0.1) is 0 Å². The van der Waals surface area contributed by atoms with E-state index in [0.717, 1.165) is 0 Å². The number of hydrogen-bond acceptors (Lipinski definition) is 1. The van der Waals surface area contributed by atoms with Gasteiger partial charge in [-0.1, -0.05) is 13.8 Å². The molecule has 5 heavy (non-hydrogen) atoms. The summed E-state index contributed by atoms with van der Waals surface area (Å²) in [7, 11) is 0. The highest BCUT2D eigenvalue weighted by molar-refractivity contribution is 4.27. The Hall–Kier alpha value is -0.0400. The van der Waals surface area contributed by atoms with E-state index in [1.54, 1.807) is 0 Å². The maximum absolute atomic E-state index is 6.89. The van der Waals surface area contributed by atoms with Gasteiger partial charge in [0.1, 0.15) is 0 Å². The number of hydrogen-bond donors (Lipinski definition) is 1. The highest BCUT2D eigenvalue weighted by atomic mass is 14.8. The van der Waals surface area contributed by atoms with Crippen molar-refractivity contribution < 1.29 is 2.74 Å². The molecule has 32 valence electrons. The zero-order valence-corrected chi connectivity index (χ0v) is 3.71. The van der Waals surface area contributed by atoms with Gasteiger partial charge in [0.05, 0.1) is 0 Å². The van der Waals surface area contributed by atoms with Crippen LogP contribution in [0.15, 0.2) is 0 Å². The highest BCUT2D eigenvalue weighted by Gasteiger charge is 1.62. The second-order valence-corrected chi connectivity index (χ2v) is 0.780. The maximum atomic E-state index is 6.89. The minimum Gasteiger partial charge on any atom is -0.317 e. The third-order valence-corrected chi connectivity index (χ3v) is 0.354. The fourth-order valence-corrected chi connectivity index (χ4v) is 0.177. The standard InChI is InChI=1S/C4H11N/c1-3-5-4-2/h5H,3-4H2,1-2H3/i3D2. The van der Waals surface area contributed by atoms with Gasteiger partial charge in [0, 0.05) is 2.74 Å². The third-order valence-electron chi connectivity index (χ3n) is 0.354. The van der Waals surface area contributed by atoms with Crippen molar-refractivity contribution in [3.63, 3.8) is 0 Å². The smallest absolute Gasteiger partial charge is 0.0425 e. The maximum Gasteiger partial charge on any atom is 0.0425 e. The molecular weight excluding hydrogens is 62.1 g/mol. The Morgan fingerprint density at radius 1 is 1.80 bits per heavy atom. The normalized spacial score (nSPS) is 17.2. The SMILES string of the molecule is [2H]C([2H])(C)NCC. The molecule has 0 unspecified atom stereocenters. The average molecular weight is 75.2 g/mol. The molecule has 0 aliphatic carbocycles. The van der Waals surface area contributed by atoms with E-state index in [2.05, 4.69) is 5.32 Å². The van der Waals surface area contributed by atoms with E-state index in [0.29, 0.717) is 6.54 Å². The molecule has 0 aromatic carbocycles. The Morgan fingerprint density at radius 2 is 2.40 bits per heavy atom. The first-order valence-electron chi connectivity index (χ1n) is 2.81. The molecule has 0 aliphatic rings. The molecule has 0 saturated heterocycles. The summed E-state index contributed by atoms with van der Waals surface area (Å²) in [5, 5.41) is 2.62. The topological polar surface area (TPSA) is 12.0 Å². The van der Waals surface area contributed by atoms with Crippen LogP contribution in [0.1, 0.15) is 16.6 Å². The van der Waals surface area contributed by atoms with Crippen LogP contribution >= 0.6 is 0 Å². The van der Waals surface area contributed by atoms with Crippen LogP contribution in [-0.4, -0.2) is 13.0 Å². The van der Waals surface area contributed by atoms with Crippen LogP contribution in [0.25, 0.3) is 0 Å². The molecule has 0 bridgehead atoms. The Kier molecular flexibility index (Phi) is 1.73. The van der Waals surface area contributed by atoms with Gasteiger partial charge in [0.2, 0.25) is 0 Å². The van der Waals surface area contributed by atoms with E-state index in [1.165, 1.54) is 6.92 Å². The molecule has 0 saturated carbocycles.